The van der Waals surface area contributed by atoms with Gasteiger partial charge in [-0.05, 0) is 55.4 Å². The number of aryl methyl sites for hydroxylation is 1. The van der Waals surface area contributed by atoms with Gasteiger partial charge in [-0.1, -0.05) is 12.1 Å². The Balaban J connectivity index is 2.29. The lowest BCUT2D eigenvalue weighted by Crippen LogP contribution is -2.14. The first-order valence-corrected chi connectivity index (χ1v) is 6.16. The zero-order valence-corrected chi connectivity index (χ0v) is 10.4. The molecule has 0 aliphatic heterocycles. The summed E-state index contributed by atoms with van der Waals surface area (Å²) < 4.78 is 1.42. The lowest BCUT2D eigenvalue weighted by Gasteiger charge is -2.08. The molecule has 0 aliphatic rings. The Morgan fingerprint density at radius 2 is 2.07 bits per heavy atom. The molecule has 1 aromatic heterocycles. The van der Waals surface area contributed by atoms with E-state index in [9.17, 15) is 0 Å². The average Bonchev–Trinajstić information content (AvgIpc) is 2.57. The van der Waals surface area contributed by atoms with Gasteiger partial charge in [-0.15, -0.1) is 11.3 Å². The van der Waals surface area contributed by atoms with Crippen LogP contribution in [-0.4, -0.2) is 25.5 Å². The molecule has 1 nitrogen and oxygen atoms in total. The highest BCUT2D eigenvalue weighted by molar-refractivity contribution is 7.17. The van der Waals surface area contributed by atoms with E-state index in [1.165, 1.54) is 21.2 Å². The summed E-state index contributed by atoms with van der Waals surface area (Å²) >= 11 is 1.86. The molecule has 0 fully saturated rings. The molecule has 1 aromatic carbocycles. The third-order valence-corrected chi connectivity index (χ3v) is 3.63. The second kappa shape index (κ2) is 4.33. The van der Waals surface area contributed by atoms with E-state index < -0.39 is 0 Å². The number of likely N-dealkylation sites (N-methyl/N-ethyl adjacent to an activating group) is 1. The molecule has 15 heavy (non-hydrogen) atoms. The zero-order chi connectivity index (χ0) is 10.8. The van der Waals surface area contributed by atoms with Gasteiger partial charge in [0.2, 0.25) is 0 Å². The predicted molar refractivity (Wildman–Crippen MR) is 68.8 cm³/mol. The Morgan fingerprint density at radius 1 is 1.27 bits per heavy atom. The van der Waals surface area contributed by atoms with Gasteiger partial charge in [0.1, 0.15) is 0 Å². The third-order valence-electron chi connectivity index (χ3n) is 2.64. The van der Waals surface area contributed by atoms with E-state index in [-0.39, 0.29) is 0 Å². The standard InChI is InChI=1S/C13H17NS/c1-10-4-5-12-11(6-7-14(2)3)9-15-13(12)8-10/h4-5,8-9H,6-7H2,1-3H3. The number of hydrogen-bond acceptors (Lipinski definition) is 2. The zero-order valence-electron chi connectivity index (χ0n) is 9.58. The summed E-state index contributed by atoms with van der Waals surface area (Å²) in [4.78, 5) is 2.23. The minimum atomic E-state index is 1.12. The Labute approximate surface area is 95.3 Å². The second-order valence-corrected chi connectivity index (χ2v) is 5.23. The van der Waals surface area contributed by atoms with Crippen molar-refractivity contribution in [3.05, 3.63) is 34.7 Å². The van der Waals surface area contributed by atoms with E-state index in [2.05, 4.69) is 49.5 Å². The van der Waals surface area contributed by atoms with Gasteiger partial charge in [0.05, 0.1) is 0 Å². The van der Waals surface area contributed by atoms with Crippen molar-refractivity contribution in [3.8, 4) is 0 Å². The highest BCUT2D eigenvalue weighted by Crippen LogP contribution is 2.27. The van der Waals surface area contributed by atoms with Gasteiger partial charge < -0.3 is 4.90 Å². The van der Waals surface area contributed by atoms with Crippen molar-refractivity contribution in [2.75, 3.05) is 20.6 Å². The first kappa shape index (κ1) is 10.7. The van der Waals surface area contributed by atoms with Gasteiger partial charge >= 0.3 is 0 Å². The van der Waals surface area contributed by atoms with Crippen LogP contribution in [0.2, 0.25) is 0 Å². The van der Waals surface area contributed by atoms with Gasteiger partial charge in [-0.3, -0.25) is 0 Å². The molecule has 0 aliphatic carbocycles. The molecular formula is C13H17NS. The average molecular weight is 219 g/mol. The van der Waals surface area contributed by atoms with Crippen LogP contribution in [0.1, 0.15) is 11.1 Å². The summed E-state index contributed by atoms with van der Waals surface area (Å²) in [6.07, 6.45) is 1.15. The molecule has 0 saturated heterocycles. The first-order valence-electron chi connectivity index (χ1n) is 5.28. The largest absolute Gasteiger partial charge is 0.309 e. The molecule has 2 heteroatoms. The van der Waals surface area contributed by atoms with Gasteiger partial charge in [0.25, 0.3) is 0 Å². The highest BCUT2D eigenvalue weighted by Gasteiger charge is 2.04. The number of hydrogen-bond donors (Lipinski definition) is 0. The fraction of sp³-hybridized carbons (Fsp3) is 0.385. The Bertz CT molecular complexity index is 457. The normalized spacial score (nSPS) is 11.5. The quantitative estimate of drug-likeness (QED) is 0.765. The minimum absolute atomic E-state index is 1.12. The van der Waals surface area contributed by atoms with E-state index in [1.54, 1.807) is 0 Å². The van der Waals surface area contributed by atoms with E-state index in [4.69, 9.17) is 0 Å². The van der Waals surface area contributed by atoms with Crippen molar-refractivity contribution in [3.63, 3.8) is 0 Å². The fourth-order valence-electron chi connectivity index (χ4n) is 1.73. The Hall–Kier alpha value is -0.860. The van der Waals surface area contributed by atoms with E-state index in [0.29, 0.717) is 0 Å². The van der Waals surface area contributed by atoms with Gasteiger partial charge in [-0.2, -0.15) is 0 Å². The van der Waals surface area contributed by atoms with E-state index >= 15 is 0 Å². The molecular weight excluding hydrogens is 202 g/mol. The molecule has 1 heterocycles. The molecule has 80 valence electrons. The molecule has 2 rings (SSSR count). The van der Waals surface area contributed by atoms with E-state index in [0.717, 1.165) is 13.0 Å². The summed E-state index contributed by atoms with van der Waals surface area (Å²) in [5, 5.41) is 3.74. The number of fused-ring (bicyclic) bond motifs is 1. The van der Waals surface area contributed by atoms with Crippen LogP contribution in [-0.2, 0) is 6.42 Å². The lowest BCUT2D eigenvalue weighted by atomic mass is 10.1. The van der Waals surface area contributed by atoms with Gasteiger partial charge in [0, 0.05) is 11.2 Å². The minimum Gasteiger partial charge on any atom is -0.309 e. The van der Waals surface area contributed by atoms with Gasteiger partial charge in [-0.25, -0.2) is 0 Å². The molecule has 0 N–H and O–H groups in total. The lowest BCUT2D eigenvalue weighted by molar-refractivity contribution is 0.414. The molecule has 0 saturated carbocycles. The molecule has 0 atom stereocenters. The maximum Gasteiger partial charge on any atom is 0.0348 e. The Morgan fingerprint density at radius 3 is 2.80 bits per heavy atom. The Kier molecular flexibility index (Phi) is 3.08. The van der Waals surface area contributed by atoms with Crippen LogP contribution in [0.15, 0.2) is 23.6 Å². The molecule has 0 bridgehead atoms. The monoisotopic (exact) mass is 219 g/mol. The van der Waals surface area contributed by atoms with Crippen LogP contribution in [0.3, 0.4) is 0 Å². The van der Waals surface area contributed by atoms with Crippen molar-refractivity contribution in [2.24, 2.45) is 0 Å². The van der Waals surface area contributed by atoms with Crippen LogP contribution in [0.5, 0.6) is 0 Å². The number of rotatable bonds is 3. The van der Waals surface area contributed by atoms with Crippen molar-refractivity contribution < 1.29 is 0 Å². The van der Waals surface area contributed by atoms with Crippen LogP contribution in [0.4, 0.5) is 0 Å². The SMILES string of the molecule is Cc1ccc2c(CCN(C)C)csc2c1. The summed E-state index contributed by atoms with van der Waals surface area (Å²) in [6, 6.07) is 6.74. The molecule has 0 unspecified atom stereocenters. The second-order valence-electron chi connectivity index (χ2n) is 4.31. The maximum atomic E-state index is 2.30. The van der Waals surface area contributed by atoms with Crippen LogP contribution < -0.4 is 0 Å². The van der Waals surface area contributed by atoms with Crippen LogP contribution in [0, 0.1) is 6.92 Å². The van der Waals surface area contributed by atoms with E-state index in [1.807, 2.05) is 11.3 Å². The van der Waals surface area contributed by atoms with Gasteiger partial charge in [0.15, 0.2) is 0 Å². The summed E-state index contributed by atoms with van der Waals surface area (Å²) in [5.41, 5.74) is 2.84. The van der Waals surface area contributed by atoms with Crippen LogP contribution in [0.25, 0.3) is 10.1 Å². The van der Waals surface area contributed by atoms with Crippen molar-refractivity contribution in [2.45, 2.75) is 13.3 Å². The number of benzene rings is 1. The molecule has 2 aromatic rings. The predicted octanol–water partition coefficient (Wildman–Crippen LogP) is 3.31. The highest BCUT2D eigenvalue weighted by atomic mass is 32.1. The topological polar surface area (TPSA) is 3.24 Å². The first-order chi connectivity index (χ1) is 7.16. The summed E-state index contributed by atoms with van der Waals surface area (Å²) in [5.74, 6) is 0. The van der Waals surface area contributed by atoms with Crippen LogP contribution >= 0.6 is 11.3 Å². The third kappa shape index (κ3) is 2.39. The van der Waals surface area contributed by atoms with Crippen molar-refractivity contribution in [1.82, 2.24) is 4.90 Å². The number of thiophene rings is 1. The smallest absolute Gasteiger partial charge is 0.0348 e. The number of nitrogens with zero attached hydrogens (tertiary/aromatic N) is 1. The summed E-state index contributed by atoms with van der Waals surface area (Å²) in [6.45, 7) is 3.28. The molecule has 0 spiro atoms. The summed E-state index contributed by atoms with van der Waals surface area (Å²) in [7, 11) is 4.25. The maximum absolute atomic E-state index is 2.30. The molecule has 0 amide bonds. The van der Waals surface area contributed by atoms with Crippen molar-refractivity contribution in [1.29, 1.82) is 0 Å². The fourth-order valence-corrected chi connectivity index (χ4v) is 2.82. The molecule has 0 radical (unpaired) electrons. The van der Waals surface area contributed by atoms with Crippen molar-refractivity contribution >= 4 is 21.4 Å².